The molecule has 6 heteroatoms. The maximum atomic E-state index is 8.48. The normalized spacial score (nSPS) is 6.20. The van der Waals surface area contributed by atoms with Crippen molar-refractivity contribution in [2.75, 3.05) is 13.1 Å². The van der Waals surface area contributed by atoms with Crippen molar-refractivity contribution in [3.05, 3.63) is 0 Å². The fourth-order valence-electron chi connectivity index (χ4n) is 0. The Kier molecular flexibility index (Phi) is 38.1. The largest absolute Gasteiger partial charge is 0.598 e. The van der Waals surface area contributed by atoms with Gasteiger partial charge in [-0.15, -0.1) is 0 Å². The minimum Gasteiger partial charge on any atom is -0.598 e. The van der Waals surface area contributed by atoms with Gasteiger partial charge in [0.25, 0.3) is 8.25 Å². The van der Waals surface area contributed by atoms with Gasteiger partial charge in [0, 0.05) is 0 Å². The van der Waals surface area contributed by atoms with Crippen LogP contribution in [0.2, 0.25) is 0 Å². The van der Waals surface area contributed by atoms with Crippen LogP contribution < -0.4 is 21.3 Å². The molecular formula is C4H16N2O3P+. The van der Waals surface area contributed by atoms with Gasteiger partial charge in [-0.25, -0.2) is 0 Å². The SMILES string of the molecule is CC[NH3+].CC[NH3+].O=[P+]([O-])[O-]. The first-order valence-corrected chi connectivity index (χ1v) is 4.06. The van der Waals surface area contributed by atoms with Crippen LogP contribution in [0.1, 0.15) is 13.8 Å². The summed E-state index contributed by atoms with van der Waals surface area (Å²) in [5.74, 6) is 0. The average Bonchev–Trinajstić information content (AvgIpc) is 1.65. The molecule has 0 aliphatic rings. The van der Waals surface area contributed by atoms with Crippen molar-refractivity contribution in [3.8, 4) is 0 Å². The van der Waals surface area contributed by atoms with E-state index in [4.69, 9.17) is 14.4 Å². The molecule has 0 aliphatic carbocycles. The second-order valence-electron chi connectivity index (χ2n) is 1.22. The topological polar surface area (TPSA) is 118 Å². The summed E-state index contributed by atoms with van der Waals surface area (Å²) in [5.41, 5.74) is 6.97. The Balaban J connectivity index is -0.0000000750. The quantitative estimate of drug-likeness (QED) is 0.375. The zero-order valence-corrected chi connectivity index (χ0v) is 7.39. The molecule has 0 unspecified atom stereocenters. The number of rotatable bonds is 0. The van der Waals surface area contributed by atoms with Crippen LogP contribution in [-0.4, -0.2) is 13.1 Å². The smallest absolute Gasteiger partial charge is 0.276 e. The Hall–Kier alpha value is -0.0600. The van der Waals surface area contributed by atoms with Crippen molar-refractivity contribution in [3.63, 3.8) is 0 Å². The van der Waals surface area contributed by atoms with Crippen molar-refractivity contribution < 1.29 is 25.8 Å². The molecule has 0 saturated heterocycles. The molecule has 0 atom stereocenters. The van der Waals surface area contributed by atoms with E-state index in [0.717, 1.165) is 13.1 Å². The lowest BCUT2D eigenvalue weighted by Gasteiger charge is -1.75. The fourth-order valence-corrected chi connectivity index (χ4v) is 0. The monoisotopic (exact) mass is 171 g/mol. The van der Waals surface area contributed by atoms with Gasteiger partial charge < -0.3 is 21.3 Å². The maximum absolute atomic E-state index is 8.48. The third kappa shape index (κ3) is 106000. The molecule has 0 saturated carbocycles. The van der Waals surface area contributed by atoms with Crippen LogP contribution >= 0.6 is 8.25 Å². The second-order valence-corrected chi connectivity index (χ2v) is 1.67. The molecule has 0 radical (unpaired) electrons. The first-order valence-electron chi connectivity index (χ1n) is 2.96. The third-order valence-corrected chi connectivity index (χ3v) is 0. The molecule has 0 rings (SSSR count). The molecular weight excluding hydrogens is 155 g/mol. The lowest BCUT2D eigenvalue weighted by Crippen LogP contribution is -2.48. The van der Waals surface area contributed by atoms with E-state index in [0.29, 0.717) is 0 Å². The summed E-state index contributed by atoms with van der Waals surface area (Å²) in [4.78, 5) is 17.0. The minimum absolute atomic E-state index is 1.00. The van der Waals surface area contributed by atoms with E-state index in [-0.39, 0.29) is 0 Å². The predicted octanol–water partition coefficient (Wildman–Crippen LogP) is -3.14. The molecule has 0 amide bonds. The highest BCUT2D eigenvalue weighted by molar-refractivity contribution is 7.27. The van der Waals surface area contributed by atoms with Gasteiger partial charge in [0.15, 0.2) is 0 Å². The highest BCUT2D eigenvalue weighted by Crippen LogP contribution is 1.79. The molecule has 5 nitrogen and oxygen atoms in total. The van der Waals surface area contributed by atoms with Crippen LogP contribution in [0.15, 0.2) is 0 Å². The van der Waals surface area contributed by atoms with Gasteiger partial charge in [-0.3, -0.25) is 0 Å². The van der Waals surface area contributed by atoms with Gasteiger partial charge >= 0.3 is 0 Å². The summed E-state index contributed by atoms with van der Waals surface area (Å²) in [6, 6.07) is 0. The molecule has 0 spiro atoms. The van der Waals surface area contributed by atoms with E-state index >= 15 is 0 Å². The van der Waals surface area contributed by atoms with Crippen LogP contribution in [0.4, 0.5) is 0 Å². The van der Waals surface area contributed by atoms with E-state index in [1.807, 2.05) is 13.8 Å². The molecule has 0 aromatic carbocycles. The molecule has 10 heavy (non-hydrogen) atoms. The first kappa shape index (κ1) is 16.5. The van der Waals surface area contributed by atoms with E-state index in [1.54, 1.807) is 0 Å². The fraction of sp³-hybridized carbons (Fsp3) is 1.00. The van der Waals surface area contributed by atoms with E-state index in [2.05, 4.69) is 11.5 Å². The molecule has 0 aliphatic heterocycles. The van der Waals surface area contributed by atoms with Gasteiger partial charge in [0.1, 0.15) is 0 Å². The van der Waals surface area contributed by atoms with Gasteiger partial charge in [-0.05, 0) is 13.8 Å². The molecule has 0 aromatic heterocycles. The summed E-state index contributed by atoms with van der Waals surface area (Å²) >= 11 is 0. The standard InChI is InChI=1S/2C2H7N.HO3P/c2*1-2-3;1-4(2)3/h2*2-3H2,1H3;(H,1,2,3)/p+1. The molecule has 0 fully saturated rings. The van der Waals surface area contributed by atoms with Crippen LogP contribution in [0.5, 0.6) is 0 Å². The second kappa shape index (κ2) is 23.1. The summed E-state index contributed by atoms with van der Waals surface area (Å²) in [6.07, 6.45) is 0. The Morgan fingerprint density at radius 1 is 1.20 bits per heavy atom. The molecule has 0 bridgehead atoms. The summed E-state index contributed by atoms with van der Waals surface area (Å²) < 4.78 is 8.48. The third-order valence-electron chi connectivity index (χ3n) is 0. The highest BCUT2D eigenvalue weighted by atomic mass is 31.1. The van der Waals surface area contributed by atoms with Gasteiger partial charge in [0.2, 0.25) is 0 Å². The van der Waals surface area contributed by atoms with Crippen LogP contribution in [0.25, 0.3) is 0 Å². The summed E-state index contributed by atoms with van der Waals surface area (Å²) in [7, 11) is -3.37. The van der Waals surface area contributed by atoms with Crippen LogP contribution in [0, 0.1) is 0 Å². The lowest BCUT2D eigenvalue weighted by molar-refractivity contribution is -0.362. The van der Waals surface area contributed by atoms with Gasteiger partial charge in [0.05, 0.1) is 13.1 Å². The summed E-state index contributed by atoms with van der Waals surface area (Å²) in [5, 5.41) is 0. The number of quaternary nitrogens is 2. The maximum Gasteiger partial charge on any atom is 0.276 e. The Morgan fingerprint density at radius 2 is 1.20 bits per heavy atom. The zero-order chi connectivity index (χ0) is 8.99. The van der Waals surface area contributed by atoms with E-state index < -0.39 is 8.25 Å². The molecule has 0 aromatic rings. The highest BCUT2D eigenvalue weighted by Gasteiger charge is 1.53. The van der Waals surface area contributed by atoms with Crippen LogP contribution in [0.3, 0.4) is 0 Å². The van der Waals surface area contributed by atoms with E-state index in [9.17, 15) is 0 Å². The van der Waals surface area contributed by atoms with E-state index in [1.165, 1.54) is 0 Å². The van der Waals surface area contributed by atoms with Crippen LogP contribution in [-0.2, 0) is 4.57 Å². The molecule has 64 valence electrons. The predicted molar refractivity (Wildman–Crippen MR) is 34.5 cm³/mol. The van der Waals surface area contributed by atoms with Gasteiger partial charge in [-0.2, -0.15) is 0 Å². The lowest BCUT2D eigenvalue weighted by atomic mass is 10.8. The number of hydrogen-bond donors (Lipinski definition) is 2. The Bertz CT molecular complexity index is 56.5. The van der Waals surface area contributed by atoms with Crippen molar-refractivity contribution in [1.29, 1.82) is 0 Å². The van der Waals surface area contributed by atoms with Crippen molar-refractivity contribution in [1.82, 2.24) is 0 Å². The van der Waals surface area contributed by atoms with Crippen molar-refractivity contribution >= 4 is 8.25 Å². The molecule has 6 N–H and O–H groups in total. The first-order chi connectivity index (χ1) is 4.56. The Labute approximate surface area is 62.0 Å². The summed E-state index contributed by atoms with van der Waals surface area (Å²) in [6.45, 7) is 6.03. The van der Waals surface area contributed by atoms with Crippen molar-refractivity contribution in [2.45, 2.75) is 13.8 Å². The Morgan fingerprint density at radius 3 is 1.20 bits per heavy atom. The number of hydrogen-bond acceptors (Lipinski definition) is 3. The van der Waals surface area contributed by atoms with Crippen molar-refractivity contribution in [2.24, 2.45) is 0 Å². The zero-order valence-electron chi connectivity index (χ0n) is 6.50. The molecule has 0 heterocycles. The minimum atomic E-state index is -3.37. The van der Waals surface area contributed by atoms with Gasteiger partial charge in [-0.1, -0.05) is 4.57 Å². The average molecular weight is 171 g/mol.